The quantitative estimate of drug-likeness (QED) is 0.173. The van der Waals surface area contributed by atoms with Crippen LogP contribution in [0.3, 0.4) is 0 Å². The molecule has 1 rings (SSSR count). The number of aliphatic hydroxyl groups excluding tert-OH is 1. The highest BCUT2D eigenvalue weighted by atomic mass is 32.2. The summed E-state index contributed by atoms with van der Waals surface area (Å²) in [7, 11) is 0. The molecule has 1 unspecified atom stereocenters. The van der Waals surface area contributed by atoms with Crippen LogP contribution in [-0.4, -0.2) is 50.6 Å². The first kappa shape index (κ1) is 13.6. The Morgan fingerprint density at radius 2 is 2.41 bits per heavy atom. The van der Waals surface area contributed by atoms with Gasteiger partial charge in [-0.05, 0) is 17.2 Å². The van der Waals surface area contributed by atoms with Crippen molar-refractivity contribution >= 4 is 23.4 Å². The molecule has 0 fully saturated rings. The molecule has 5 N–H and O–H groups in total. The molecule has 0 saturated heterocycles. The van der Waals surface area contributed by atoms with Crippen molar-refractivity contribution in [2.24, 2.45) is 10.9 Å². The van der Waals surface area contributed by atoms with Crippen LogP contribution in [0.25, 0.3) is 0 Å². The van der Waals surface area contributed by atoms with Gasteiger partial charge in [-0.1, -0.05) is 5.16 Å². The molecule has 0 aliphatic heterocycles. The van der Waals surface area contributed by atoms with E-state index in [9.17, 15) is 0 Å². The highest BCUT2D eigenvalue weighted by molar-refractivity contribution is 7.99. The molecule has 0 aromatic carbocycles. The summed E-state index contributed by atoms with van der Waals surface area (Å²) < 4.78 is 4.48. The van der Waals surface area contributed by atoms with Gasteiger partial charge in [0.25, 0.3) is 0 Å². The fourth-order valence-electron chi connectivity index (χ4n) is 1.02. The second-order valence-electron chi connectivity index (χ2n) is 3.30. The summed E-state index contributed by atoms with van der Waals surface area (Å²) in [5.41, 5.74) is 5.54. The zero-order chi connectivity index (χ0) is 12.7. The third-order valence-corrected chi connectivity index (χ3v) is 2.95. The van der Waals surface area contributed by atoms with Crippen LogP contribution < -0.4 is 11.1 Å². The number of aromatic nitrogens is 2. The van der Waals surface area contributed by atoms with Gasteiger partial charge in [-0.2, -0.15) is 11.8 Å². The molecule has 0 radical (unpaired) electrons. The van der Waals surface area contributed by atoms with Crippen LogP contribution in [0.1, 0.15) is 12.6 Å². The van der Waals surface area contributed by atoms with Crippen molar-refractivity contribution in [1.82, 2.24) is 10.3 Å². The Labute approximate surface area is 102 Å². The molecular formula is C8H15N5O3S. The van der Waals surface area contributed by atoms with E-state index >= 15 is 0 Å². The summed E-state index contributed by atoms with van der Waals surface area (Å²) in [6.45, 7) is 2.34. The van der Waals surface area contributed by atoms with Crippen molar-refractivity contribution in [3.8, 4) is 0 Å². The van der Waals surface area contributed by atoms with Gasteiger partial charge >= 0.3 is 0 Å². The second-order valence-corrected chi connectivity index (χ2v) is 4.45. The van der Waals surface area contributed by atoms with E-state index in [2.05, 4.69) is 25.4 Å². The van der Waals surface area contributed by atoms with Crippen molar-refractivity contribution in [2.75, 3.05) is 23.4 Å². The fraction of sp³-hybridized carbons (Fsp3) is 0.625. The van der Waals surface area contributed by atoms with Crippen molar-refractivity contribution in [1.29, 1.82) is 0 Å². The predicted octanol–water partition coefficient (Wildman–Crippen LogP) is -0.310. The standard InChI is InChI=1S/C8H15N5O3S/c1-5(14)4-17-3-2-10-8-6(7(9)11-15)12-16-13-8/h5,14-15H,2-4H2,1H3,(H2,9,11)(H,10,13). The minimum absolute atomic E-state index is 0.162. The summed E-state index contributed by atoms with van der Waals surface area (Å²) in [6.07, 6.45) is -0.318. The molecule has 0 amide bonds. The first-order chi connectivity index (χ1) is 8.15. The van der Waals surface area contributed by atoms with E-state index in [1.807, 2.05) is 0 Å². The Morgan fingerprint density at radius 1 is 1.65 bits per heavy atom. The number of hydrogen-bond donors (Lipinski definition) is 4. The van der Waals surface area contributed by atoms with Crippen molar-refractivity contribution in [2.45, 2.75) is 13.0 Å². The van der Waals surface area contributed by atoms with Gasteiger partial charge in [0.15, 0.2) is 11.5 Å². The van der Waals surface area contributed by atoms with Crippen LogP contribution >= 0.6 is 11.8 Å². The smallest absolute Gasteiger partial charge is 0.202 e. The van der Waals surface area contributed by atoms with Gasteiger partial charge in [-0.15, -0.1) is 0 Å². The van der Waals surface area contributed by atoms with E-state index in [0.29, 0.717) is 18.1 Å². The van der Waals surface area contributed by atoms with E-state index in [1.165, 1.54) is 0 Å². The first-order valence-electron chi connectivity index (χ1n) is 4.95. The number of oxime groups is 1. The summed E-state index contributed by atoms with van der Waals surface area (Å²) in [5, 5.41) is 30.4. The average molecular weight is 261 g/mol. The second kappa shape index (κ2) is 6.97. The molecule has 1 atom stereocenters. The van der Waals surface area contributed by atoms with E-state index in [4.69, 9.17) is 16.0 Å². The van der Waals surface area contributed by atoms with Gasteiger partial charge in [-0.25, -0.2) is 4.63 Å². The predicted molar refractivity (Wildman–Crippen MR) is 64.3 cm³/mol. The minimum atomic E-state index is -0.318. The first-order valence-corrected chi connectivity index (χ1v) is 6.10. The number of rotatable bonds is 7. The average Bonchev–Trinajstić information content (AvgIpc) is 2.75. The Morgan fingerprint density at radius 3 is 3.06 bits per heavy atom. The number of aliphatic hydroxyl groups is 1. The SMILES string of the molecule is CC(O)CSCCNc1nonc1/C(N)=N\O. The van der Waals surface area contributed by atoms with E-state index in [0.717, 1.165) is 5.75 Å². The summed E-state index contributed by atoms with van der Waals surface area (Å²) in [4.78, 5) is 0. The lowest BCUT2D eigenvalue weighted by atomic mass is 10.4. The molecule has 0 spiro atoms. The summed E-state index contributed by atoms with van der Waals surface area (Å²) in [5.74, 6) is 1.63. The van der Waals surface area contributed by atoms with Gasteiger partial charge in [0.2, 0.25) is 5.82 Å². The van der Waals surface area contributed by atoms with Gasteiger partial charge in [0, 0.05) is 18.1 Å². The number of anilines is 1. The molecule has 1 heterocycles. The van der Waals surface area contributed by atoms with Gasteiger partial charge in [0.1, 0.15) is 0 Å². The molecule has 1 aromatic rings. The highest BCUT2D eigenvalue weighted by Gasteiger charge is 2.13. The van der Waals surface area contributed by atoms with Crippen LogP contribution in [-0.2, 0) is 0 Å². The Bertz CT molecular complexity index is 368. The third-order valence-electron chi connectivity index (χ3n) is 1.74. The summed E-state index contributed by atoms with van der Waals surface area (Å²) >= 11 is 1.60. The van der Waals surface area contributed by atoms with Gasteiger partial charge in [-0.3, -0.25) is 0 Å². The van der Waals surface area contributed by atoms with Crippen LogP contribution in [0.2, 0.25) is 0 Å². The molecule has 96 valence electrons. The van der Waals surface area contributed by atoms with E-state index < -0.39 is 0 Å². The monoisotopic (exact) mass is 261 g/mol. The normalized spacial score (nSPS) is 13.6. The van der Waals surface area contributed by atoms with Crippen LogP contribution in [0, 0.1) is 0 Å². The molecule has 0 aliphatic carbocycles. The molecule has 8 nitrogen and oxygen atoms in total. The van der Waals surface area contributed by atoms with Gasteiger partial charge in [0.05, 0.1) is 6.10 Å². The highest BCUT2D eigenvalue weighted by Crippen LogP contribution is 2.09. The zero-order valence-corrected chi connectivity index (χ0v) is 10.1. The lowest BCUT2D eigenvalue weighted by Gasteiger charge is -2.05. The molecule has 0 bridgehead atoms. The summed E-state index contributed by atoms with van der Waals surface area (Å²) in [6, 6.07) is 0. The van der Waals surface area contributed by atoms with E-state index in [-0.39, 0.29) is 17.6 Å². The minimum Gasteiger partial charge on any atom is -0.409 e. The van der Waals surface area contributed by atoms with Crippen molar-refractivity contribution < 1.29 is 14.9 Å². The van der Waals surface area contributed by atoms with E-state index in [1.54, 1.807) is 18.7 Å². The molecule has 9 heteroatoms. The fourth-order valence-corrected chi connectivity index (χ4v) is 1.77. The number of hydrogen-bond acceptors (Lipinski definition) is 8. The maximum atomic E-state index is 9.05. The molecule has 0 aliphatic rings. The largest absolute Gasteiger partial charge is 0.409 e. The molecular weight excluding hydrogens is 246 g/mol. The molecule has 1 aromatic heterocycles. The van der Waals surface area contributed by atoms with Crippen LogP contribution in [0.4, 0.5) is 5.82 Å². The van der Waals surface area contributed by atoms with Crippen LogP contribution in [0.15, 0.2) is 9.78 Å². The number of thioether (sulfide) groups is 1. The maximum absolute atomic E-state index is 9.05. The zero-order valence-electron chi connectivity index (χ0n) is 9.33. The van der Waals surface area contributed by atoms with Crippen molar-refractivity contribution in [3.63, 3.8) is 0 Å². The number of nitrogens with zero attached hydrogens (tertiary/aromatic N) is 3. The molecule has 17 heavy (non-hydrogen) atoms. The topological polar surface area (TPSA) is 130 Å². The molecule has 0 saturated carbocycles. The number of nitrogens with two attached hydrogens (primary N) is 1. The Balaban J connectivity index is 2.35. The lowest BCUT2D eigenvalue weighted by Crippen LogP contribution is -2.17. The third kappa shape index (κ3) is 4.49. The number of nitrogens with one attached hydrogen (secondary N) is 1. The Kier molecular flexibility index (Phi) is 5.57. The lowest BCUT2D eigenvalue weighted by molar-refractivity contribution is 0.220. The maximum Gasteiger partial charge on any atom is 0.202 e. The number of amidine groups is 1. The van der Waals surface area contributed by atoms with Crippen molar-refractivity contribution in [3.05, 3.63) is 5.69 Å². The Hall–Kier alpha value is -1.48. The van der Waals surface area contributed by atoms with Gasteiger partial charge < -0.3 is 21.4 Å². The van der Waals surface area contributed by atoms with Crippen LogP contribution in [0.5, 0.6) is 0 Å².